The van der Waals surface area contributed by atoms with Gasteiger partial charge >= 0.3 is 0 Å². The fraction of sp³-hybridized carbons (Fsp3) is 0.667. The van der Waals surface area contributed by atoms with Gasteiger partial charge in [0.2, 0.25) is 0 Å². The second-order valence-electron chi connectivity index (χ2n) is 5.15. The molecule has 0 amide bonds. The van der Waals surface area contributed by atoms with Gasteiger partial charge in [-0.3, -0.25) is 0 Å². The van der Waals surface area contributed by atoms with Crippen LogP contribution in [0.15, 0.2) is 21.2 Å². The molecule has 2 N–H and O–H groups in total. The van der Waals surface area contributed by atoms with Crippen molar-refractivity contribution in [3.05, 3.63) is 22.6 Å². The number of nitrogens with two attached hydrogens (primary N) is 1. The Bertz CT molecular complexity index is 345. The Balaban J connectivity index is 2.21. The van der Waals surface area contributed by atoms with E-state index in [4.69, 9.17) is 10.2 Å². The molecule has 1 aliphatic carbocycles. The summed E-state index contributed by atoms with van der Waals surface area (Å²) in [6, 6.07) is 1.93. The molecule has 1 aromatic heterocycles. The number of furan rings is 1. The Hall–Kier alpha value is -0.280. The van der Waals surface area contributed by atoms with Gasteiger partial charge in [-0.1, -0.05) is 20.3 Å². The van der Waals surface area contributed by atoms with E-state index in [0.717, 1.165) is 10.2 Å². The maximum Gasteiger partial charge on any atom is 0.134 e. The summed E-state index contributed by atoms with van der Waals surface area (Å²) in [6.07, 6.45) is 5.45. The first kappa shape index (κ1) is 11.2. The van der Waals surface area contributed by atoms with Crippen molar-refractivity contribution >= 4 is 15.9 Å². The predicted molar refractivity (Wildman–Crippen MR) is 64.5 cm³/mol. The first-order chi connectivity index (χ1) is 7.02. The van der Waals surface area contributed by atoms with Crippen LogP contribution >= 0.6 is 15.9 Å². The fourth-order valence-electron chi connectivity index (χ4n) is 2.75. The van der Waals surface area contributed by atoms with Crippen LogP contribution in [0.4, 0.5) is 0 Å². The van der Waals surface area contributed by atoms with E-state index >= 15 is 0 Å². The van der Waals surface area contributed by atoms with Crippen LogP contribution in [0, 0.1) is 11.3 Å². The molecular formula is C12H18BrNO. The van der Waals surface area contributed by atoms with Crippen LogP contribution < -0.4 is 5.73 Å². The highest BCUT2D eigenvalue weighted by atomic mass is 79.9. The minimum absolute atomic E-state index is 0.0203. The van der Waals surface area contributed by atoms with Crippen LogP contribution in [0.1, 0.15) is 44.9 Å². The van der Waals surface area contributed by atoms with Crippen molar-refractivity contribution < 1.29 is 4.42 Å². The van der Waals surface area contributed by atoms with Crippen molar-refractivity contribution in [3.8, 4) is 0 Å². The highest BCUT2D eigenvalue weighted by Crippen LogP contribution is 2.48. The predicted octanol–water partition coefficient (Wildman–Crippen LogP) is 3.87. The molecule has 2 nitrogen and oxygen atoms in total. The molecule has 2 atom stereocenters. The van der Waals surface area contributed by atoms with Gasteiger partial charge in [0.25, 0.3) is 0 Å². The SMILES string of the molecule is CC1(C)CCCC1C(N)c1occc1Br. The van der Waals surface area contributed by atoms with E-state index in [1.807, 2.05) is 6.07 Å². The number of hydrogen-bond donors (Lipinski definition) is 1. The summed E-state index contributed by atoms with van der Waals surface area (Å²) in [5.74, 6) is 1.43. The molecule has 1 saturated carbocycles. The Morgan fingerprint density at radius 2 is 2.33 bits per heavy atom. The average Bonchev–Trinajstić information content (AvgIpc) is 2.70. The second-order valence-corrected chi connectivity index (χ2v) is 6.00. The van der Waals surface area contributed by atoms with Crippen molar-refractivity contribution in [3.63, 3.8) is 0 Å². The summed E-state index contributed by atoms with van der Waals surface area (Å²) in [7, 11) is 0. The maximum absolute atomic E-state index is 6.30. The lowest BCUT2D eigenvalue weighted by Gasteiger charge is -2.31. The quantitative estimate of drug-likeness (QED) is 0.887. The van der Waals surface area contributed by atoms with Gasteiger partial charge in [0.05, 0.1) is 16.8 Å². The molecule has 3 heteroatoms. The molecule has 0 spiro atoms. The van der Waals surface area contributed by atoms with E-state index in [0.29, 0.717) is 11.3 Å². The highest BCUT2D eigenvalue weighted by molar-refractivity contribution is 9.10. The molecule has 0 aromatic carbocycles. The normalized spacial score (nSPS) is 26.8. The van der Waals surface area contributed by atoms with Crippen molar-refractivity contribution in [1.29, 1.82) is 0 Å². The molecule has 15 heavy (non-hydrogen) atoms. The standard InChI is InChI=1S/C12H18BrNO/c1-12(2)6-3-4-8(12)10(14)11-9(13)5-7-15-11/h5,7-8,10H,3-4,6,14H2,1-2H3. The Labute approximate surface area is 99.3 Å². The number of halogens is 1. The lowest BCUT2D eigenvalue weighted by molar-refractivity contribution is 0.206. The average molecular weight is 272 g/mol. The van der Waals surface area contributed by atoms with Gasteiger partial charge in [0.1, 0.15) is 5.76 Å². The number of hydrogen-bond acceptors (Lipinski definition) is 2. The zero-order chi connectivity index (χ0) is 11.1. The fourth-order valence-corrected chi connectivity index (χ4v) is 3.21. The Kier molecular flexibility index (Phi) is 2.95. The lowest BCUT2D eigenvalue weighted by atomic mass is 9.77. The van der Waals surface area contributed by atoms with Gasteiger partial charge < -0.3 is 10.2 Å². The van der Waals surface area contributed by atoms with E-state index in [1.165, 1.54) is 19.3 Å². The molecule has 0 radical (unpaired) electrons. The van der Waals surface area contributed by atoms with Crippen LogP contribution in [-0.2, 0) is 0 Å². The molecule has 2 rings (SSSR count). The van der Waals surface area contributed by atoms with Crippen LogP contribution in [0.2, 0.25) is 0 Å². The minimum atomic E-state index is 0.0203. The maximum atomic E-state index is 6.30. The largest absolute Gasteiger partial charge is 0.466 e. The highest BCUT2D eigenvalue weighted by Gasteiger charge is 2.40. The number of rotatable bonds is 2. The molecule has 84 valence electrons. The topological polar surface area (TPSA) is 39.2 Å². The molecule has 1 heterocycles. The molecule has 0 aliphatic heterocycles. The molecule has 1 aliphatic rings. The van der Waals surface area contributed by atoms with Crippen molar-refractivity contribution in [1.82, 2.24) is 0 Å². The van der Waals surface area contributed by atoms with Crippen LogP contribution in [0.5, 0.6) is 0 Å². The van der Waals surface area contributed by atoms with Gasteiger partial charge in [0, 0.05) is 0 Å². The Morgan fingerprint density at radius 3 is 2.80 bits per heavy atom. The molecule has 1 aromatic rings. The van der Waals surface area contributed by atoms with E-state index < -0.39 is 0 Å². The zero-order valence-corrected chi connectivity index (χ0v) is 10.9. The van der Waals surface area contributed by atoms with Gasteiger partial charge in [-0.15, -0.1) is 0 Å². The monoisotopic (exact) mass is 271 g/mol. The molecule has 1 fully saturated rings. The van der Waals surface area contributed by atoms with Crippen molar-refractivity contribution in [2.24, 2.45) is 17.1 Å². The van der Waals surface area contributed by atoms with Gasteiger partial charge in [-0.05, 0) is 46.2 Å². The smallest absolute Gasteiger partial charge is 0.134 e. The summed E-state index contributed by atoms with van der Waals surface area (Å²) >= 11 is 3.48. The summed E-state index contributed by atoms with van der Waals surface area (Å²) in [6.45, 7) is 4.61. The van der Waals surface area contributed by atoms with Crippen molar-refractivity contribution in [2.75, 3.05) is 0 Å². The summed E-state index contributed by atoms with van der Waals surface area (Å²) in [5, 5.41) is 0. The zero-order valence-electron chi connectivity index (χ0n) is 9.29. The summed E-state index contributed by atoms with van der Waals surface area (Å²) in [4.78, 5) is 0. The third-order valence-electron chi connectivity index (χ3n) is 3.72. The van der Waals surface area contributed by atoms with Crippen LogP contribution in [0.3, 0.4) is 0 Å². The molecule has 0 saturated heterocycles. The Morgan fingerprint density at radius 1 is 1.60 bits per heavy atom. The minimum Gasteiger partial charge on any atom is -0.466 e. The van der Waals surface area contributed by atoms with E-state index in [9.17, 15) is 0 Å². The lowest BCUT2D eigenvalue weighted by Crippen LogP contribution is -2.29. The van der Waals surface area contributed by atoms with Gasteiger partial charge in [-0.25, -0.2) is 0 Å². The van der Waals surface area contributed by atoms with E-state index in [2.05, 4.69) is 29.8 Å². The first-order valence-corrected chi connectivity index (χ1v) is 6.30. The summed E-state index contributed by atoms with van der Waals surface area (Å²) in [5.41, 5.74) is 6.64. The second kappa shape index (κ2) is 3.95. The van der Waals surface area contributed by atoms with Gasteiger partial charge in [-0.2, -0.15) is 0 Å². The third kappa shape index (κ3) is 2.00. The van der Waals surface area contributed by atoms with E-state index in [-0.39, 0.29) is 6.04 Å². The molecule has 0 bridgehead atoms. The van der Waals surface area contributed by atoms with Gasteiger partial charge in [0.15, 0.2) is 0 Å². The third-order valence-corrected chi connectivity index (χ3v) is 4.38. The molecular weight excluding hydrogens is 254 g/mol. The molecule has 2 unspecified atom stereocenters. The van der Waals surface area contributed by atoms with Crippen LogP contribution in [0.25, 0.3) is 0 Å². The van der Waals surface area contributed by atoms with Crippen LogP contribution in [-0.4, -0.2) is 0 Å². The van der Waals surface area contributed by atoms with E-state index in [1.54, 1.807) is 6.26 Å². The first-order valence-electron chi connectivity index (χ1n) is 5.51. The summed E-state index contributed by atoms with van der Waals surface area (Å²) < 4.78 is 6.46. The van der Waals surface area contributed by atoms with Crippen molar-refractivity contribution in [2.45, 2.75) is 39.2 Å².